The van der Waals surface area contributed by atoms with Gasteiger partial charge in [-0.2, -0.15) is 0 Å². The number of nitrogens with one attached hydrogen (secondary N) is 1. The molecular weight excluding hydrogens is 348 g/mol. The number of rotatable bonds is 5. The second-order valence-electron chi connectivity index (χ2n) is 6.39. The first-order valence-corrected chi connectivity index (χ1v) is 9.67. The first kappa shape index (κ1) is 16.8. The van der Waals surface area contributed by atoms with Gasteiger partial charge in [0.1, 0.15) is 4.83 Å². The third kappa shape index (κ3) is 3.35. The molecule has 6 nitrogen and oxygen atoms in total. The largest absolute Gasteiger partial charge is 0.370 e. The van der Waals surface area contributed by atoms with Gasteiger partial charge in [-0.15, -0.1) is 11.3 Å². The minimum atomic E-state index is -0.103. The smallest absolute Gasteiger partial charge is 0.262 e. The maximum atomic E-state index is 12.4. The second kappa shape index (κ2) is 7.29. The van der Waals surface area contributed by atoms with Gasteiger partial charge >= 0.3 is 0 Å². The molecule has 3 aromatic rings. The van der Waals surface area contributed by atoms with Gasteiger partial charge in [0.15, 0.2) is 0 Å². The monoisotopic (exact) mass is 368 g/mol. The van der Waals surface area contributed by atoms with Gasteiger partial charge in [-0.05, 0) is 36.4 Å². The maximum Gasteiger partial charge on any atom is 0.262 e. The van der Waals surface area contributed by atoms with E-state index in [4.69, 9.17) is 0 Å². The van der Waals surface area contributed by atoms with E-state index in [-0.39, 0.29) is 17.9 Å². The standard InChI is InChI=1S/C19H20N4O2S/c24-17(7-11-23-13-20-18-14(19(23)25)8-12-26-18)21-15-5-1-2-6-16(15)22-9-3-4-10-22/h1-2,5-6,8,12-13H,3-4,7,9-11H2,(H,21,24). The molecule has 1 N–H and O–H groups in total. The summed E-state index contributed by atoms with van der Waals surface area (Å²) in [6, 6.07) is 9.66. The average molecular weight is 368 g/mol. The van der Waals surface area contributed by atoms with Crippen LogP contribution in [0, 0.1) is 0 Å². The Bertz CT molecular complexity index is 988. The van der Waals surface area contributed by atoms with Crippen molar-refractivity contribution >= 4 is 38.8 Å². The van der Waals surface area contributed by atoms with Crippen molar-refractivity contribution in [2.24, 2.45) is 0 Å². The zero-order valence-electron chi connectivity index (χ0n) is 14.4. The highest BCUT2D eigenvalue weighted by atomic mass is 32.1. The molecule has 1 saturated heterocycles. The molecule has 0 spiro atoms. The maximum absolute atomic E-state index is 12.4. The predicted molar refractivity (Wildman–Crippen MR) is 105 cm³/mol. The average Bonchev–Trinajstić information content (AvgIpc) is 3.34. The lowest BCUT2D eigenvalue weighted by Crippen LogP contribution is -2.24. The van der Waals surface area contributed by atoms with Crippen molar-refractivity contribution < 1.29 is 4.79 Å². The number of thiophene rings is 1. The fourth-order valence-electron chi connectivity index (χ4n) is 3.30. The van der Waals surface area contributed by atoms with E-state index in [2.05, 4.69) is 15.2 Å². The normalized spacial score (nSPS) is 14.1. The Labute approximate surface area is 155 Å². The Balaban J connectivity index is 1.44. The van der Waals surface area contributed by atoms with Crippen LogP contribution in [0.3, 0.4) is 0 Å². The van der Waals surface area contributed by atoms with Crippen LogP contribution in [0.1, 0.15) is 19.3 Å². The minimum Gasteiger partial charge on any atom is -0.370 e. The Morgan fingerprint density at radius 3 is 2.85 bits per heavy atom. The molecular formula is C19H20N4O2S. The third-order valence-electron chi connectivity index (χ3n) is 4.66. The highest BCUT2D eigenvalue weighted by molar-refractivity contribution is 7.16. The van der Waals surface area contributed by atoms with Gasteiger partial charge in [0.05, 0.1) is 23.1 Å². The van der Waals surface area contributed by atoms with Crippen LogP contribution >= 0.6 is 11.3 Å². The molecule has 2 aromatic heterocycles. The summed E-state index contributed by atoms with van der Waals surface area (Å²) in [7, 11) is 0. The van der Waals surface area contributed by atoms with Crippen LogP contribution in [0.4, 0.5) is 11.4 Å². The SMILES string of the molecule is O=C(CCn1cnc2sccc2c1=O)Nc1ccccc1N1CCCC1. The number of anilines is 2. The molecule has 3 heterocycles. The molecule has 4 rings (SSSR count). The molecule has 0 saturated carbocycles. The predicted octanol–water partition coefficient (Wildman–Crippen LogP) is 3.09. The van der Waals surface area contributed by atoms with E-state index >= 15 is 0 Å². The second-order valence-corrected chi connectivity index (χ2v) is 7.29. The Morgan fingerprint density at radius 2 is 2.00 bits per heavy atom. The highest BCUT2D eigenvalue weighted by Crippen LogP contribution is 2.28. The summed E-state index contributed by atoms with van der Waals surface area (Å²) in [4.78, 5) is 32.1. The summed E-state index contributed by atoms with van der Waals surface area (Å²) in [5.41, 5.74) is 1.80. The summed E-state index contributed by atoms with van der Waals surface area (Å²) in [5, 5.41) is 5.46. The number of hydrogen-bond acceptors (Lipinski definition) is 5. The summed E-state index contributed by atoms with van der Waals surface area (Å²) in [6.45, 7) is 2.36. The molecule has 26 heavy (non-hydrogen) atoms. The van der Waals surface area contributed by atoms with Crippen molar-refractivity contribution in [3.8, 4) is 0 Å². The number of aromatic nitrogens is 2. The van der Waals surface area contributed by atoms with Crippen molar-refractivity contribution in [3.63, 3.8) is 0 Å². The van der Waals surface area contributed by atoms with Crippen molar-refractivity contribution in [1.82, 2.24) is 9.55 Å². The minimum absolute atomic E-state index is 0.0958. The van der Waals surface area contributed by atoms with E-state index in [0.717, 1.165) is 29.3 Å². The van der Waals surface area contributed by atoms with Crippen molar-refractivity contribution in [2.45, 2.75) is 25.8 Å². The number of para-hydroxylation sites is 2. The van der Waals surface area contributed by atoms with Gasteiger partial charge in [0, 0.05) is 26.1 Å². The summed E-state index contributed by atoms with van der Waals surface area (Å²) >= 11 is 1.44. The van der Waals surface area contributed by atoms with Gasteiger partial charge in [0.2, 0.25) is 5.91 Å². The van der Waals surface area contributed by atoms with Crippen LogP contribution in [0.2, 0.25) is 0 Å². The van der Waals surface area contributed by atoms with Gasteiger partial charge < -0.3 is 10.2 Å². The summed E-state index contributed by atoms with van der Waals surface area (Å²) < 4.78 is 1.50. The quantitative estimate of drug-likeness (QED) is 0.751. The Hall–Kier alpha value is -2.67. The number of fused-ring (bicyclic) bond motifs is 1. The summed E-state index contributed by atoms with van der Waals surface area (Å²) in [6.07, 6.45) is 4.12. The van der Waals surface area contributed by atoms with E-state index < -0.39 is 0 Å². The van der Waals surface area contributed by atoms with Crippen LogP contribution in [-0.2, 0) is 11.3 Å². The molecule has 0 atom stereocenters. The molecule has 0 aliphatic carbocycles. The molecule has 134 valence electrons. The number of aryl methyl sites for hydroxylation is 1. The zero-order valence-corrected chi connectivity index (χ0v) is 15.2. The molecule has 0 bridgehead atoms. The molecule has 0 unspecified atom stereocenters. The number of amides is 1. The van der Waals surface area contributed by atoms with Gasteiger partial charge in [-0.1, -0.05) is 12.1 Å². The van der Waals surface area contributed by atoms with Gasteiger partial charge in [-0.3, -0.25) is 14.2 Å². The van der Waals surface area contributed by atoms with Crippen LogP contribution in [0.5, 0.6) is 0 Å². The zero-order chi connectivity index (χ0) is 17.9. The molecule has 1 fully saturated rings. The summed E-state index contributed by atoms with van der Waals surface area (Å²) in [5.74, 6) is -0.103. The number of nitrogens with zero attached hydrogens (tertiary/aromatic N) is 3. The van der Waals surface area contributed by atoms with E-state index in [1.165, 1.54) is 35.1 Å². The fraction of sp³-hybridized carbons (Fsp3) is 0.316. The van der Waals surface area contributed by atoms with Crippen LogP contribution in [0.25, 0.3) is 10.2 Å². The lowest BCUT2D eigenvalue weighted by Gasteiger charge is -2.21. The van der Waals surface area contributed by atoms with Gasteiger partial charge in [-0.25, -0.2) is 4.98 Å². The van der Waals surface area contributed by atoms with Crippen LogP contribution in [-0.4, -0.2) is 28.5 Å². The van der Waals surface area contributed by atoms with Crippen LogP contribution in [0.15, 0.2) is 46.8 Å². The van der Waals surface area contributed by atoms with E-state index in [1.807, 2.05) is 29.6 Å². The molecule has 1 aliphatic rings. The number of benzene rings is 1. The number of carbonyl (C=O) groups excluding carboxylic acids is 1. The highest BCUT2D eigenvalue weighted by Gasteiger charge is 2.16. The molecule has 1 aliphatic heterocycles. The first-order chi connectivity index (χ1) is 12.7. The lowest BCUT2D eigenvalue weighted by molar-refractivity contribution is -0.116. The number of carbonyl (C=O) groups is 1. The first-order valence-electron chi connectivity index (χ1n) is 8.79. The van der Waals surface area contributed by atoms with Crippen molar-refractivity contribution in [1.29, 1.82) is 0 Å². The molecule has 1 amide bonds. The molecule has 1 aromatic carbocycles. The van der Waals surface area contributed by atoms with Crippen molar-refractivity contribution in [2.75, 3.05) is 23.3 Å². The molecule has 0 radical (unpaired) electrons. The van der Waals surface area contributed by atoms with Crippen LogP contribution < -0.4 is 15.8 Å². The lowest BCUT2D eigenvalue weighted by atomic mass is 10.2. The number of hydrogen-bond donors (Lipinski definition) is 1. The van der Waals surface area contributed by atoms with Crippen molar-refractivity contribution in [3.05, 3.63) is 52.4 Å². The third-order valence-corrected chi connectivity index (χ3v) is 5.48. The molecule has 7 heteroatoms. The fourth-order valence-corrected chi connectivity index (χ4v) is 4.02. The van der Waals surface area contributed by atoms with Gasteiger partial charge in [0.25, 0.3) is 5.56 Å². The Morgan fingerprint density at radius 1 is 1.19 bits per heavy atom. The van der Waals surface area contributed by atoms with E-state index in [0.29, 0.717) is 11.9 Å². The van der Waals surface area contributed by atoms with E-state index in [1.54, 1.807) is 6.07 Å². The van der Waals surface area contributed by atoms with E-state index in [9.17, 15) is 9.59 Å². The topological polar surface area (TPSA) is 67.2 Å². The Kier molecular flexibility index (Phi) is 4.71.